The number of nitrogens with one attached hydrogen (secondary N) is 1. The second-order valence-corrected chi connectivity index (χ2v) is 6.76. The minimum Gasteiger partial charge on any atom is -0.374 e. The van der Waals surface area contributed by atoms with Crippen molar-refractivity contribution < 1.29 is 13.2 Å². The quantitative estimate of drug-likeness (QED) is 0.709. The minimum atomic E-state index is -2.99. The van der Waals surface area contributed by atoms with Gasteiger partial charge in [0.05, 0.1) is 11.5 Å². The van der Waals surface area contributed by atoms with Gasteiger partial charge in [-0.3, -0.25) is 4.79 Å². The molecular weight excluding hydrogens is 252 g/mol. The maximum Gasteiger partial charge on any atom is 0.282 e. The van der Waals surface area contributed by atoms with E-state index in [9.17, 15) is 13.2 Å². The lowest BCUT2D eigenvalue weighted by atomic mass is 10.2. The van der Waals surface area contributed by atoms with E-state index in [0.29, 0.717) is 6.42 Å². The number of nitrogens with two attached hydrogens (primary N) is 1. The number of aromatic nitrogens is 2. The molecule has 2 heterocycles. The number of hydrogen-bond acceptors (Lipinski definition) is 7. The summed E-state index contributed by atoms with van der Waals surface area (Å²) in [6, 6.07) is -0.331. The van der Waals surface area contributed by atoms with Crippen molar-refractivity contribution in [3.63, 3.8) is 0 Å². The van der Waals surface area contributed by atoms with Gasteiger partial charge in [-0.25, -0.2) is 8.42 Å². The van der Waals surface area contributed by atoms with Gasteiger partial charge >= 0.3 is 0 Å². The number of amides is 1. The third-order valence-electron chi connectivity index (χ3n) is 2.20. The number of anilines is 1. The van der Waals surface area contributed by atoms with Crippen LogP contribution < -0.4 is 11.1 Å². The molecule has 16 heavy (non-hydrogen) atoms. The molecule has 88 valence electrons. The van der Waals surface area contributed by atoms with Gasteiger partial charge in [-0.1, -0.05) is 11.3 Å². The molecule has 2 rings (SSSR count). The van der Waals surface area contributed by atoms with Gasteiger partial charge in [-0.2, -0.15) is 0 Å². The van der Waals surface area contributed by atoms with Crippen molar-refractivity contribution in [2.75, 3.05) is 17.2 Å². The molecule has 1 unspecified atom stereocenters. The molecule has 1 amide bonds. The highest BCUT2D eigenvalue weighted by Crippen LogP contribution is 2.14. The van der Waals surface area contributed by atoms with Crippen LogP contribution in [0.15, 0.2) is 0 Å². The normalized spacial score (nSPS) is 23.1. The molecule has 0 aliphatic carbocycles. The number of nitrogen functional groups attached to an aromatic ring is 1. The summed E-state index contributed by atoms with van der Waals surface area (Å²) in [5.74, 6) is -0.306. The van der Waals surface area contributed by atoms with Gasteiger partial charge < -0.3 is 11.1 Å². The van der Waals surface area contributed by atoms with Gasteiger partial charge in [0.15, 0.2) is 9.84 Å². The van der Waals surface area contributed by atoms with Crippen molar-refractivity contribution in [1.29, 1.82) is 0 Å². The van der Waals surface area contributed by atoms with Crippen LogP contribution in [0.25, 0.3) is 0 Å². The first-order valence-electron chi connectivity index (χ1n) is 4.56. The molecule has 0 spiro atoms. The standard InChI is InChI=1S/C7H10N4O3S2/c8-7-11-10-6(15-7)5(12)9-4-1-2-16(13,14)3-4/h4H,1-3H2,(H2,8,11)(H,9,12). The molecule has 1 aliphatic heterocycles. The Morgan fingerprint density at radius 1 is 1.50 bits per heavy atom. The highest BCUT2D eigenvalue weighted by molar-refractivity contribution is 7.91. The molecule has 1 aliphatic rings. The number of hydrogen-bond donors (Lipinski definition) is 2. The second kappa shape index (κ2) is 3.98. The molecule has 1 saturated heterocycles. The molecular formula is C7H10N4O3S2. The SMILES string of the molecule is Nc1nnc(C(=O)NC2CCS(=O)(=O)C2)s1. The fourth-order valence-electron chi connectivity index (χ4n) is 1.48. The van der Waals surface area contributed by atoms with Crippen molar-refractivity contribution in [2.24, 2.45) is 0 Å². The van der Waals surface area contributed by atoms with Crippen molar-refractivity contribution in [1.82, 2.24) is 15.5 Å². The van der Waals surface area contributed by atoms with E-state index in [-0.39, 0.29) is 27.7 Å². The van der Waals surface area contributed by atoms with Gasteiger partial charge in [0.2, 0.25) is 10.1 Å². The van der Waals surface area contributed by atoms with Crippen molar-refractivity contribution in [3.8, 4) is 0 Å². The Bertz CT molecular complexity index is 509. The zero-order chi connectivity index (χ0) is 11.8. The summed E-state index contributed by atoms with van der Waals surface area (Å²) in [4.78, 5) is 11.6. The van der Waals surface area contributed by atoms with E-state index in [1.807, 2.05) is 0 Å². The lowest BCUT2D eigenvalue weighted by Gasteiger charge is -2.07. The summed E-state index contributed by atoms with van der Waals surface area (Å²) in [7, 11) is -2.99. The average Bonchev–Trinajstić information content (AvgIpc) is 2.73. The fourth-order valence-corrected chi connectivity index (χ4v) is 3.67. The van der Waals surface area contributed by atoms with E-state index in [1.165, 1.54) is 0 Å². The predicted molar refractivity (Wildman–Crippen MR) is 58.8 cm³/mol. The first-order valence-corrected chi connectivity index (χ1v) is 7.20. The molecule has 0 saturated carbocycles. The summed E-state index contributed by atoms with van der Waals surface area (Å²) < 4.78 is 22.3. The highest BCUT2D eigenvalue weighted by atomic mass is 32.2. The summed E-state index contributed by atoms with van der Waals surface area (Å²) >= 11 is 0.973. The minimum absolute atomic E-state index is 0.00692. The van der Waals surface area contributed by atoms with Gasteiger partial charge in [0, 0.05) is 6.04 Å². The van der Waals surface area contributed by atoms with E-state index in [0.717, 1.165) is 11.3 Å². The monoisotopic (exact) mass is 262 g/mol. The van der Waals surface area contributed by atoms with Crippen LogP contribution in [-0.2, 0) is 9.84 Å². The third kappa shape index (κ3) is 2.47. The Balaban J connectivity index is 1.99. The van der Waals surface area contributed by atoms with Gasteiger partial charge in [-0.15, -0.1) is 10.2 Å². The molecule has 0 radical (unpaired) electrons. The highest BCUT2D eigenvalue weighted by Gasteiger charge is 2.29. The second-order valence-electron chi connectivity index (χ2n) is 3.52. The van der Waals surface area contributed by atoms with E-state index in [1.54, 1.807) is 0 Å². The zero-order valence-electron chi connectivity index (χ0n) is 8.21. The fraction of sp³-hybridized carbons (Fsp3) is 0.571. The van der Waals surface area contributed by atoms with E-state index < -0.39 is 15.7 Å². The molecule has 7 nitrogen and oxygen atoms in total. The average molecular weight is 262 g/mol. The van der Waals surface area contributed by atoms with Crippen LogP contribution in [0.1, 0.15) is 16.2 Å². The summed E-state index contributed by atoms with van der Waals surface area (Å²) in [5.41, 5.74) is 5.34. The Kier molecular flexibility index (Phi) is 2.80. The van der Waals surface area contributed by atoms with Gasteiger partial charge in [0.1, 0.15) is 0 Å². The Morgan fingerprint density at radius 3 is 2.75 bits per heavy atom. The van der Waals surface area contributed by atoms with Crippen LogP contribution in [0.3, 0.4) is 0 Å². The van der Waals surface area contributed by atoms with Crippen molar-refractivity contribution in [2.45, 2.75) is 12.5 Å². The predicted octanol–water partition coefficient (Wildman–Crippen LogP) is -0.963. The topological polar surface area (TPSA) is 115 Å². The molecule has 3 N–H and O–H groups in total. The van der Waals surface area contributed by atoms with Crippen LogP contribution in [0.5, 0.6) is 0 Å². The van der Waals surface area contributed by atoms with Crippen LogP contribution in [0.4, 0.5) is 5.13 Å². The maximum atomic E-state index is 11.6. The molecule has 9 heteroatoms. The van der Waals surface area contributed by atoms with Gasteiger partial charge in [-0.05, 0) is 6.42 Å². The van der Waals surface area contributed by atoms with E-state index in [2.05, 4.69) is 15.5 Å². The Morgan fingerprint density at radius 2 is 2.25 bits per heavy atom. The number of rotatable bonds is 2. The van der Waals surface area contributed by atoms with E-state index >= 15 is 0 Å². The lowest BCUT2D eigenvalue weighted by Crippen LogP contribution is -2.35. The first-order chi connectivity index (χ1) is 7.46. The first kappa shape index (κ1) is 11.3. The van der Waals surface area contributed by atoms with E-state index in [4.69, 9.17) is 5.73 Å². The number of nitrogens with zero attached hydrogens (tertiary/aromatic N) is 2. The smallest absolute Gasteiger partial charge is 0.282 e. The van der Waals surface area contributed by atoms with Crippen molar-refractivity contribution in [3.05, 3.63) is 5.01 Å². The van der Waals surface area contributed by atoms with Crippen LogP contribution in [0.2, 0.25) is 0 Å². The molecule has 1 atom stereocenters. The van der Waals surface area contributed by atoms with Crippen LogP contribution in [-0.4, -0.2) is 42.1 Å². The molecule has 1 fully saturated rings. The Labute approximate surface area is 96.0 Å². The summed E-state index contributed by atoms with van der Waals surface area (Å²) in [5, 5.41) is 10.0. The molecule has 1 aromatic heterocycles. The van der Waals surface area contributed by atoms with Crippen LogP contribution >= 0.6 is 11.3 Å². The van der Waals surface area contributed by atoms with Crippen molar-refractivity contribution >= 4 is 32.2 Å². The zero-order valence-corrected chi connectivity index (χ0v) is 9.84. The largest absolute Gasteiger partial charge is 0.374 e. The maximum absolute atomic E-state index is 11.6. The Hall–Kier alpha value is -1.22. The van der Waals surface area contributed by atoms with Gasteiger partial charge in [0.25, 0.3) is 5.91 Å². The lowest BCUT2D eigenvalue weighted by molar-refractivity contribution is 0.0940. The number of sulfone groups is 1. The third-order valence-corrected chi connectivity index (χ3v) is 4.72. The number of carbonyl (C=O) groups is 1. The molecule has 1 aromatic rings. The summed E-state index contributed by atoms with van der Waals surface area (Å²) in [6.45, 7) is 0. The molecule has 0 bridgehead atoms. The number of carbonyl (C=O) groups excluding carboxylic acids is 1. The van der Waals surface area contributed by atoms with Crippen LogP contribution in [0, 0.1) is 0 Å². The molecule has 0 aromatic carbocycles. The summed E-state index contributed by atoms with van der Waals surface area (Å²) in [6.07, 6.45) is 0.447.